The number of carbonyl (C=O) groups is 1. The van der Waals surface area contributed by atoms with Gasteiger partial charge in [0, 0.05) is 26.2 Å². The summed E-state index contributed by atoms with van der Waals surface area (Å²) in [5.74, 6) is -0.828. The number of nitrogens with zero attached hydrogens (tertiary/aromatic N) is 3. The number of benzene rings is 2. The quantitative estimate of drug-likeness (QED) is 0.532. The summed E-state index contributed by atoms with van der Waals surface area (Å²) in [5.41, 5.74) is 0.177. The SMILES string of the molecule is CN(C)CCN(CCN(C)C)c1cc(C(=O)O)cc(S(N)(=O)=O)c1Oc1ccccc1. The molecule has 0 atom stereocenters. The maximum Gasteiger partial charge on any atom is 0.335 e. The zero-order valence-corrected chi connectivity index (χ0v) is 19.1. The van der Waals surface area contributed by atoms with Gasteiger partial charge in [-0.1, -0.05) is 18.2 Å². The number of carboxylic acid groups (broad SMARTS) is 1. The Balaban J connectivity index is 2.71. The maximum absolute atomic E-state index is 12.4. The van der Waals surface area contributed by atoms with Crippen LogP contribution in [0.15, 0.2) is 47.4 Å². The van der Waals surface area contributed by atoms with E-state index in [-0.39, 0.29) is 16.2 Å². The summed E-state index contributed by atoms with van der Waals surface area (Å²) in [4.78, 5) is 17.3. The third kappa shape index (κ3) is 7.21. The zero-order valence-electron chi connectivity index (χ0n) is 18.3. The molecule has 0 aromatic heterocycles. The van der Waals surface area contributed by atoms with E-state index in [1.807, 2.05) is 49.0 Å². The predicted octanol–water partition coefficient (Wildman–Crippen LogP) is 1.75. The number of hydrogen-bond acceptors (Lipinski definition) is 7. The minimum absolute atomic E-state index is 0.0104. The Morgan fingerprint density at radius 2 is 1.52 bits per heavy atom. The van der Waals surface area contributed by atoms with Gasteiger partial charge in [0.25, 0.3) is 0 Å². The molecule has 10 heteroatoms. The van der Waals surface area contributed by atoms with Crippen molar-refractivity contribution < 1.29 is 23.1 Å². The lowest BCUT2D eigenvalue weighted by molar-refractivity contribution is 0.0696. The Hall–Kier alpha value is -2.66. The Kier molecular flexibility index (Phi) is 8.40. The molecule has 0 fully saturated rings. The number of likely N-dealkylation sites (N-methyl/N-ethyl adjacent to an activating group) is 2. The summed E-state index contributed by atoms with van der Waals surface area (Å²) in [6.07, 6.45) is 0. The van der Waals surface area contributed by atoms with Crippen molar-refractivity contribution in [3.05, 3.63) is 48.0 Å². The molecule has 3 N–H and O–H groups in total. The normalized spacial score (nSPS) is 11.7. The van der Waals surface area contributed by atoms with Gasteiger partial charge in [0.15, 0.2) is 5.75 Å². The first kappa shape index (κ1) is 24.6. The zero-order chi connectivity index (χ0) is 23.2. The first-order valence-electron chi connectivity index (χ1n) is 9.70. The Morgan fingerprint density at radius 3 is 1.97 bits per heavy atom. The van der Waals surface area contributed by atoms with Crippen molar-refractivity contribution in [3.63, 3.8) is 0 Å². The number of para-hydroxylation sites is 1. The molecule has 0 saturated heterocycles. The second-order valence-electron chi connectivity index (χ2n) is 7.68. The molecule has 2 rings (SSSR count). The fourth-order valence-corrected chi connectivity index (χ4v) is 3.56. The van der Waals surface area contributed by atoms with Crippen LogP contribution in [0, 0.1) is 0 Å². The predicted molar refractivity (Wildman–Crippen MR) is 121 cm³/mol. The number of anilines is 1. The van der Waals surface area contributed by atoms with Crippen LogP contribution in [0.25, 0.3) is 0 Å². The number of primary sulfonamides is 1. The van der Waals surface area contributed by atoms with Crippen molar-refractivity contribution in [3.8, 4) is 11.5 Å². The molecule has 0 aliphatic carbocycles. The molecule has 31 heavy (non-hydrogen) atoms. The van der Waals surface area contributed by atoms with Gasteiger partial charge in [-0.2, -0.15) is 0 Å². The van der Waals surface area contributed by atoms with Crippen molar-refractivity contribution in [1.82, 2.24) is 9.80 Å². The fourth-order valence-electron chi connectivity index (χ4n) is 2.86. The Labute approximate surface area is 183 Å². The number of sulfonamides is 1. The summed E-state index contributed by atoms with van der Waals surface area (Å²) in [7, 11) is 3.44. The molecule has 0 radical (unpaired) electrons. The van der Waals surface area contributed by atoms with Crippen LogP contribution in [0.2, 0.25) is 0 Å². The third-order valence-electron chi connectivity index (χ3n) is 4.53. The van der Waals surface area contributed by atoms with E-state index in [4.69, 9.17) is 9.88 Å². The summed E-state index contributed by atoms with van der Waals surface area (Å²) < 4.78 is 30.8. The Morgan fingerprint density at radius 1 is 0.968 bits per heavy atom. The van der Waals surface area contributed by atoms with Crippen molar-refractivity contribution in [2.45, 2.75) is 4.90 Å². The van der Waals surface area contributed by atoms with Gasteiger partial charge in [-0.3, -0.25) is 0 Å². The molecule has 0 aliphatic rings. The minimum atomic E-state index is -4.26. The molecular formula is C21H30N4O5S. The molecule has 0 heterocycles. The van der Waals surface area contributed by atoms with Crippen LogP contribution < -0.4 is 14.8 Å². The van der Waals surface area contributed by atoms with E-state index >= 15 is 0 Å². The second kappa shape index (κ2) is 10.6. The molecule has 0 amide bonds. The highest BCUT2D eigenvalue weighted by Crippen LogP contribution is 2.39. The van der Waals surface area contributed by atoms with Gasteiger partial charge in [0.05, 0.1) is 11.3 Å². The van der Waals surface area contributed by atoms with Crippen LogP contribution >= 0.6 is 0 Å². The Bertz CT molecular complexity index is 982. The molecule has 9 nitrogen and oxygen atoms in total. The molecular weight excluding hydrogens is 420 g/mol. The largest absolute Gasteiger partial charge is 0.478 e. The fraction of sp³-hybridized carbons (Fsp3) is 0.381. The molecule has 170 valence electrons. The molecule has 0 spiro atoms. The van der Waals surface area contributed by atoms with Gasteiger partial charge < -0.3 is 24.5 Å². The lowest BCUT2D eigenvalue weighted by Gasteiger charge is -2.30. The van der Waals surface area contributed by atoms with Gasteiger partial charge in [0.1, 0.15) is 10.6 Å². The van der Waals surface area contributed by atoms with Gasteiger partial charge in [0.2, 0.25) is 10.0 Å². The van der Waals surface area contributed by atoms with Crippen LogP contribution in [0.4, 0.5) is 5.69 Å². The van der Waals surface area contributed by atoms with Crippen molar-refractivity contribution >= 4 is 21.7 Å². The number of ether oxygens (including phenoxy) is 1. The van der Waals surface area contributed by atoms with E-state index in [1.54, 1.807) is 24.3 Å². The van der Waals surface area contributed by atoms with E-state index in [0.717, 1.165) is 6.07 Å². The number of nitrogens with two attached hydrogens (primary N) is 1. The van der Waals surface area contributed by atoms with E-state index in [0.29, 0.717) is 37.6 Å². The first-order chi connectivity index (χ1) is 14.5. The lowest BCUT2D eigenvalue weighted by Crippen LogP contribution is -2.37. The van der Waals surface area contributed by atoms with Crippen LogP contribution in [-0.4, -0.2) is 83.7 Å². The van der Waals surface area contributed by atoms with Crippen LogP contribution in [-0.2, 0) is 10.0 Å². The van der Waals surface area contributed by atoms with E-state index in [2.05, 4.69) is 0 Å². The average Bonchev–Trinajstić information content (AvgIpc) is 2.67. The number of rotatable bonds is 11. The standard InChI is InChI=1S/C21H30N4O5S/c1-23(2)10-12-25(13-11-24(3)4)18-14-16(21(26)27)15-19(31(22,28)29)20(18)30-17-8-6-5-7-9-17/h5-9,14-15H,10-13H2,1-4H3,(H,26,27)(H2,22,28,29). The molecule has 0 unspecified atom stereocenters. The van der Waals surface area contributed by atoms with Gasteiger partial charge in [-0.25, -0.2) is 18.4 Å². The van der Waals surface area contributed by atoms with Crippen molar-refractivity contribution in [2.75, 3.05) is 59.3 Å². The minimum Gasteiger partial charge on any atom is -0.478 e. The molecule has 0 saturated carbocycles. The number of aromatic carboxylic acids is 1. The second-order valence-corrected chi connectivity index (χ2v) is 9.21. The summed E-state index contributed by atoms with van der Waals surface area (Å²) in [5, 5.41) is 15.0. The monoisotopic (exact) mass is 450 g/mol. The van der Waals surface area contributed by atoms with E-state index in [9.17, 15) is 18.3 Å². The smallest absolute Gasteiger partial charge is 0.335 e. The topological polar surface area (TPSA) is 116 Å². The third-order valence-corrected chi connectivity index (χ3v) is 5.44. The maximum atomic E-state index is 12.4. The van der Waals surface area contributed by atoms with Crippen LogP contribution in [0.3, 0.4) is 0 Å². The summed E-state index contributed by atoms with van der Waals surface area (Å²) in [6, 6.07) is 11.2. The van der Waals surface area contributed by atoms with E-state index < -0.39 is 16.0 Å². The molecule has 2 aromatic rings. The highest BCUT2D eigenvalue weighted by Gasteiger charge is 2.26. The van der Waals surface area contributed by atoms with Gasteiger partial charge in [-0.15, -0.1) is 0 Å². The van der Waals surface area contributed by atoms with Crippen LogP contribution in [0.1, 0.15) is 10.4 Å². The van der Waals surface area contributed by atoms with Crippen molar-refractivity contribution in [2.24, 2.45) is 5.14 Å². The van der Waals surface area contributed by atoms with Crippen LogP contribution in [0.5, 0.6) is 11.5 Å². The van der Waals surface area contributed by atoms with E-state index in [1.165, 1.54) is 6.07 Å². The highest BCUT2D eigenvalue weighted by atomic mass is 32.2. The molecule has 0 bridgehead atoms. The number of carboxylic acids is 1. The van der Waals surface area contributed by atoms with Gasteiger partial charge >= 0.3 is 5.97 Å². The summed E-state index contributed by atoms with van der Waals surface area (Å²) in [6.45, 7) is 2.39. The van der Waals surface area contributed by atoms with Crippen molar-refractivity contribution in [1.29, 1.82) is 0 Å². The first-order valence-corrected chi connectivity index (χ1v) is 11.2. The highest BCUT2D eigenvalue weighted by molar-refractivity contribution is 7.89. The molecule has 2 aromatic carbocycles. The molecule has 0 aliphatic heterocycles. The lowest BCUT2D eigenvalue weighted by atomic mass is 10.1. The number of hydrogen-bond donors (Lipinski definition) is 2. The summed E-state index contributed by atoms with van der Waals surface area (Å²) >= 11 is 0. The average molecular weight is 451 g/mol. The van der Waals surface area contributed by atoms with Gasteiger partial charge in [-0.05, 0) is 52.5 Å².